The number of amides is 1. The molecule has 0 N–H and O–H groups in total. The summed E-state index contributed by atoms with van der Waals surface area (Å²) in [5.74, 6) is 0.593. The number of para-hydroxylation sites is 1. The molecule has 160 valence electrons. The molecule has 0 fully saturated rings. The predicted octanol–water partition coefficient (Wildman–Crippen LogP) is 4.59. The molecule has 1 amide bonds. The molecule has 4 aromatic rings. The Hall–Kier alpha value is -3.73. The fraction of sp³-hybridized carbons (Fsp3) is 0.222. The molecule has 3 aromatic carbocycles. The third-order valence-electron chi connectivity index (χ3n) is 6.28. The van der Waals surface area contributed by atoms with Gasteiger partial charge in [0.25, 0.3) is 5.56 Å². The third kappa shape index (κ3) is 3.50. The quantitative estimate of drug-likeness (QED) is 0.482. The zero-order valence-electron chi connectivity index (χ0n) is 18.2. The monoisotopic (exact) mass is 423 g/mol. The number of hydrogen-bond donors (Lipinski definition) is 0. The smallest absolute Gasteiger partial charge is 0.262 e. The zero-order valence-corrected chi connectivity index (χ0v) is 18.2. The Morgan fingerprint density at radius 3 is 2.28 bits per heavy atom. The number of fused-ring (bicyclic) bond motifs is 2. The van der Waals surface area contributed by atoms with Gasteiger partial charge in [0.05, 0.1) is 16.9 Å². The molecule has 0 saturated heterocycles. The lowest BCUT2D eigenvalue weighted by Crippen LogP contribution is -2.49. The number of aromatic nitrogens is 2. The molecule has 0 spiro atoms. The third-order valence-corrected chi connectivity index (χ3v) is 6.28. The average Bonchev–Trinajstić information content (AvgIpc) is 2.81. The van der Waals surface area contributed by atoms with Gasteiger partial charge in [0.2, 0.25) is 5.91 Å². The van der Waals surface area contributed by atoms with Crippen LogP contribution < -0.4 is 5.56 Å². The highest BCUT2D eigenvalue weighted by atomic mass is 16.2. The fourth-order valence-electron chi connectivity index (χ4n) is 4.53. The summed E-state index contributed by atoms with van der Waals surface area (Å²) in [5, 5.41) is 0.543. The Bertz CT molecular complexity index is 1340. The van der Waals surface area contributed by atoms with Crippen LogP contribution in [-0.4, -0.2) is 20.4 Å². The first-order valence-corrected chi connectivity index (χ1v) is 10.9. The molecule has 0 radical (unpaired) electrons. The second-order valence-electron chi connectivity index (χ2n) is 8.50. The Labute approximate surface area is 187 Å². The lowest BCUT2D eigenvalue weighted by Gasteiger charge is -2.40. The van der Waals surface area contributed by atoms with E-state index in [2.05, 4.69) is 31.2 Å². The van der Waals surface area contributed by atoms with Crippen molar-refractivity contribution in [2.75, 3.05) is 0 Å². The first kappa shape index (κ1) is 20.2. The second-order valence-corrected chi connectivity index (χ2v) is 8.50. The summed E-state index contributed by atoms with van der Waals surface area (Å²) in [6.45, 7) is 4.33. The van der Waals surface area contributed by atoms with Crippen LogP contribution in [0.25, 0.3) is 10.9 Å². The van der Waals surface area contributed by atoms with Crippen molar-refractivity contribution in [2.45, 2.75) is 38.9 Å². The molecule has 5 heteroatoms. The van der Waals surface area contributed by atoms with E-state index in [1.54, 1.807) is 17.6 Å². The molecule has 0 bridgehead atoms. The molecule has 1 aliphatic heterocycles. The van der Waals surface area contributed by atoms with Crippen LogP contribution in [0.15, 0.2) is 83.7 Å². The van der Waals surface area contributed by atoms with E-state index in [9.17, 15) is 9.59 Å². The van der Waals surface area contributed by atoms with Crippen LogP contribution in [-0.2, 0) is 17.8 Å². The van der Waals surface area contributed by atoms with Crippen LogP contribution in [0.5, 0.6) is 0 Å². The largest absolute Gasteiger partial charge is 0.326 e. The van der Waals surface area contributed by atoms with Crippen LogP contribution in [0, 0.1) is 6.92 Å². The summed E-state index contributed by atoms with van der Waals surface area (Å²) in [4.78, 5) is 33.8. The molecule has 32 heavy (non-hydrogen) atoms. The molecule has 2 heterocycles. The van der Waals surface area contributed by atoms with Crippen molar-refractivity contribution in [1.29, 1.82) is 0 Å². The van der Waals surface area contributed by atoms with Crippen molar-refractivity contribution < 1.29 is 4.79 Å². The number of aryl methyl sites for hydroxylation is 1. The number of hydrogen-bond acceptors (Lipinski definition) is 3. The van der Waals surface area contributed by atoms with Gasteiger partial charge in [-0.2, -0.15) is 0 Å². The second kappa shape index (κ2) is 8.08. The van der Waals surface area contributed by atoms with Crippen molar-refractivity contribution in [3.05, 3.63) is 112 Å². The molecule has 0 aliphatic carbocycles. The zero-order chi connectivity index (χ0) is 22.2. The normalized spacial score (nSPS) is 18.1. The van der Waals surface area contributed by atoms with Gasteiger partial charge in [0.1, 0.15) is 11.9 Å². The van der Waals surface area contributed by atoms with Gasteiger partial charge in [0, 0.05) is 13.0 Å². The van der Waals surface area contributed by atoms with E-state index in [0.29, 0.717) is 29.7 Å². The highest BCUT2D eigenvalue weighted by Crippen LogP contribution is 2.34. The molecule has 2 atom stereocenters. The van der Waals surface area contributed by atoms with Gasteiger partial charge in [-0.25, -0.2) is 4.98 Å². The summed E-state index contributed by atoms with van der Waals surface area (Å²) >= 11 is 0. The van der Waals surface area contributed by atoms with E-state index >= 15 is 0 Å². The van der Waals surface area contributed by atoms with E-state index in [1.807, 2.05) is 53.4 Å². The highest BCUT2D eigenvalue weighted by molar-refractivity contribution is 5.83. The van der Waals surface area contributed by atoms with Crippen molar-refractivity contribution in [2.24, 2.45) is 0 Å². The molecular weight excluding hydrogens is 398 g/mol. The minimum Gasteiger partial charge on any atom is -0.326 e. The van der Waals surface area contributed by atoms with E-state index in [4.69, 9.17) is 4.98 Å². The first-order valence-electron chi connectivity index (χ1n) is 10.9. The van der Waals surface area contributed by atoms with Gasteiger partial charge in [-0.1, -0.05) is 72.3 Å². The summed E-state index contributed by atoms with van der Waals surface area (Å²) in [6, 6.07) is 24.7. The van der Waals surface area contributed by atoms with Crippen molar-refractivity contribution in [3.8, 4) is 0 Å². The van der Waals surface area contributed by atoms with Crippen molar-refractivity contribution >= 4 is 16.8 Å². The van der Waals surface area contributed by atoms with Gasteiger partial charge < -0.3 is 4.90 Å². The highest BCUT2D eigenvalue weighted by Gasteiger charge is 2.39. The topological polar surface area (TPSA) is 55.2 Å². The van der Waals surface area contributed by atoms with Gasteiger partial charge in [-0.05, 0) is 37.1 Å². The van der Waals surface area contributed by atoms with Crippen LogP contribution >= 0.6 is 0 Å². The minimum absolute atomic E-state index is 0.0577. The van der Waals surface area contributed by atoms with Crippen LogP contribution in [0.2, 0.25) is 0 Å². The number of carbonyl (C=O) groups excluding carboxylic acids is 1. The standard InChI is InChI=1S/C27H25N3O2/c1-18-12-14-20(15-13-18)16-24-25-28-23-11-7-6-10-22(23)27(32)30(25)19(2)26(31)29(24)17-21-8-4-3-5-9-21/h3-15,19,24H,16-17H2,1-2H3/t19-,24-/m1/s1. The summed E-state index contributed by atoms with van der Waals surface area (Å²) in [6.07, 6.45) is 0.594. The molecule has 1 aromatic heterocycles. The molecule has 5 rings (SSSR count). The van der Waals surface area contributed by atoms with Crippen molar-refractivity contribution in [3.63, 3.8) is 0 Å². The number of benzene rings is 3. The molecule has 1 aliphatic rings. The van der Waals surface area contributed by atoms with E-state index in [-0.39, 0.29) is 17.5 Å². The average molecular weight is 424 g/mol. The maximum atomic E-state index is 13.6. The Kier molecular flexibility index (Phi) is 5.10. The number of rotatable bonds is 4. The van der Waals surface area contributed by atoms with E-state index in [1.165, 1.54) is 5.56 Å². The van der Waals surface area contributed by atoms with Gasteiger partial charge >= 0.3 is 0 Å². The predicted molar refractivity (Wildman–Crippen MR) is 125 cm³/mol. The van der Waals surface area contributed by atoms with Gasteiger partial charge in [-0.15, -0.1) is 0 Å². The minimum atomic E-state index is -0.604. The Morgan fingerprint density at radius 1 is 0.844 bits per heavy atom. The first-order chi connectivity index (χ1) is 15.5. The lowest BCUT2D eigenvalue weighted by atomic mass is 9.97. The summed E-state index contributed by atoms with van der Waals surface area (Å²) in [5.41, 5.74) is 3.86. The number of carbonyl (C=O) groups is 1. The molecule has 0 saturated carbocycles. The maximum absolute atomic E-state index is 13.6. The fourth-order valence-corrected chi connectivity index (χ4v) is 4.53. The van der Waals surface area contributed by atoms with E-state index < -0.39 is 6.04 Å². The maximum Gasteiger partial charge on any atom is 0.262 e. The van der Waals surface area contributed by atoms with Crippen LogP contribution in [0.1, 0.15) is 41.5 Å². The lowest BCUT2D eigenvalue weighted by molar-refractivity contribution is -0.140. The van der Waals surface area contributed by atoms with Crippen LogP contribution in [0.4, 0.5) is 0 Å². The van der Waals surface area contributed by atoms with Crippen molar-refractivity contribution in [1.82, 2.24) is 14.5 Å². The Morgan fingerprint density at radius 2 is 1.53 bits per heavy atom. The number of nitrogens with zero attached hydrogens (tertiary/aromatic N) is 3. The summed E-state index contributed by atoms with van der Waals surface area (Å²) in [7, 11) is 0. The van der Waals surface area contributed by atoms with Gasteiger partial charge in [0.15, 0.2) is 0 Å². The molecule has 5 nitrogen and oxygen atoms in total. The summed E-state index contributed by atoms with van der Waals surface area (Å²) < 4.78 is 1.60. The van der Waals surface area contributed by atoms with Gasteiger partial charge in [-0.3, -0.25) is 14.2 Å². The molecule has 0 unspecified atom stereocenters. The van der Waals surface area contributed by atoms with Crippen LogP contribution in [0.3, 0.4) is 0 Å². The molecular formula is C27H25N3O2. The Balaban J connectivity index is 1.68. The van der Waals surface area contributed by atoms with E-state index in [0.717, 1.165) is 11.1 Å². The SMILES string of the molecule is Cc1ccc(C[C@@H]2c3nc4ccccc4c(=O)n3[C@H](C)C(=O)N2Cc2ccccc2)cc1.